The molecule has 1 aliphatic rings. The SMILES string of the molecule is O=S(=O)(NC1CCCC1CO)c1ccc(Cl)c(F)c1Cl. The highest BCUT2D eigenvalue weighted by molar-refractivity contribution is 7.89. The molecule has 0 spiro atoms. The molecule has 1 saturated carbocycles. The van der Waals surface area contributed by atoms with Gasteiger partial charge in [-0.1, -0.05) is 29.6 Å². The van der Waals surface area contributed by atoms with Crippen LogP contribution in [-0.2, 0) is 10.0 Å². The summed E-state index contributed by atoms with van der Waals surface area (Å²) in [6, 6.07) is 1.95. The third-order valence-corrected chi connectivity index (χ3v) is 5.80. The van der Waals surface area contributed by atoms with Crippen molar-refractivity contribution in [1.82, 2.24) is 4.72 Å². The molecule has 0 bridgehead atoms. The van der Waals surface area contributed by atoms with E-state index in [1.165, 1.54) is 6.07 Å². The van der Waals surface area contributed by atoms with Gasteiger partial charge in [0.2, 0.25) is 10.0 Å². The lowest BCUT2D eigenvalue weighted by Gasteiger charge is -2.19. The molecule has 2 atom stereocenters. The fourth-order valence-electron chi connectivity index (χ4n) is 2.39. The van der Waals surface area contributed by atoms with E-state index >= 15 is 0 Å². The second-order valence-corrected chi connectivity index (χ2v) is 7.24. The zero-order valence-corrected chi connectivity index (χ0v) is 12.8. The molecular formula is C12H14Cl2FNO3S. The highest BCUT2D eigenvalue weighted by Crippen LogP contribution is 2.31. The maximum atomic E-state index is 13.6. The van der Waals surface area contributed by atoms with Crippen LogP contribution in [0.4, 0.5) is 4.39 Å². The van der Waals surface area contributed by atoms with E-state index in [9.17, 15) is 17.9 Å². The van der Waals surface area contributed by atoms with Gasteiger partial charge in [-0.2, -0.15) is 0 Å². The Bertz CT molecular complexity index is 609. The summed E-state index contributed by atoms with van der Waals surface area (Å²) in [5, 5.41) is 8.44. The first kappa shape index (κ1) is 16.0. The van der Waals surface area contributed by atoms with Gasteiger partial charge in [0.05, 0.1) is 10.0 Å². The molecule has 0 saturated heterocycles. The van der Waals surface area contributed by atoms with Gasteiger partial charge in [-0.15, -0.1) is 0 Å². The van der Waals surface area contributed by atoms with Crippen molar-refractivity contribution in [3.63, 3.8) is 0 Å². The molecule has 20 heavy (non-hydrogen) atoms. The Hall–Kier alpha value is -0.400. The summed E-state index contributed by atoms with van der Waals surface area (Å²) in [6.07, 6.45) is 2.23. The molecule has 2 N–H and O–H groups in total. The van der Waals surface area contributed by atoms with E-state index in [0.717, 1.165) is 18.9 Å². The van der Waals surface area contributed by atoms with Gasteiger partial charge in [-0.3, -0.25) is 0 Å². The Balaban J connectivity index is 2.29. The molecule has 0 heterocycles. The first-order chi connectivity index (χ1) is 9.36. The Morgan fingerprint density at radius 3 is 2.70 bits per heavy atom. The molecule has 0 radical (unpaired) electrons. The van der Waals surface area contributed by atoms with Crippen LogP contribution in [0.5, 0.6) is 0 Å². The van der Waals surface area contributed by atoms with Gasteiger partial charge >= 0.3 is 0 Å². The van der Waals surface area contributed by atoms with Crippen molar-refractivity contribution in [2.75, 3.05) is 6.61 Å². The normalized spacial score (nSPS) is 23.2. The number of benzene rings is 1. The molecule has 1 aliphatic carbocycles. The van der Waals surface area contributed by atoms with Crippen LogP contribution in [0.2, 0.25) is 10.0 Å². The van der Waals surface area contributed by atoms with E-state index < -0.39 is 20.9 Å². The van der Waals surface area contributed by atoms with E-state index in [0.29, 0.717) is 6.42 Å². The maximum absolute atomic E-state index is 13.6. The van der Waals surface area contributed by atoms with Crippen LogP contribution in [0.25, 0.3) is 0 Å². The molecule has 0 aliphatic heterocycles. The molecule has 2 unspecified atom stereocenters. The lowest BCUT2D eigenvalue weighted by atomic mass is 10.1. The van der Waals surface area contributed by atoms with E-state index in [1.807, 2.05) is 0 Å². The fourth-order valence-corrected chi connectivity index (χ4v) is 4.47. The summed E-state index contributed by atoms with van der Waals surface area (Å²) in [4.78, 5) is -0.343. The molecule has 0 amide bonds. The maximum Gasteiger partial charge on any atom is 0.242 e. The Morgan fingerprint density at radius 2 is 2.05 bits per heavy atom. The van der Waals surface area contributed by atoms with Crippen molar-refractivity contribution in [1.29, 1.82) is 0 Å². The average Bonchev–Trinajstić information content (AvgIpc) is 2.82. The zero-order chi connectivity index (χ0) is 14.9. The van der Waals surface area contributed by atoms with E-state index in [-0.39, 0.29) is 28.5 Å². The summed E-state index contributed by atoms with van der Waals surface area (Å²) in [7, 11) is -3.95. The van der Waals surface area contributed by atoms with Gasteiger partial charge < -0.3 is 5.11 Å². The largest absolute Gasteiger partial charge is 0.396 e. The molecule has 112 valence electrons. The Morgan fingerprint density at radius 1 is 1.35 bits per heavy atom. The fraction of sp³-hybridized carbons (Fsp3) is 0.500. The minimum Gasteiger partial charge on any atom is -0.396 e. The van der Waals surface area contributed by atoms with Gasteiger partial charge in [0.1, 0.15) is 4.90 Å². The summed E-state index contributed by atoms with van der Waals surface area (Å²) >= 11 is 11.3. The van der Waals surface area contributed by atoms with Crippen LogP contribution in [0.3, 0.4) is 0 Å². The highest BCUT2D eigenvalue weighted by atomic mass is 35.5. The van der Waals surface area contributed by atoms with Crippen LogP contribution < -0.4 is 4.72 Å². The number of nitrogens with one attached hydrogen (secondary N) is 1. The van der Waals surface area contributed by atoms with Gasteiger partial charge in [0.25, 0.3) is 0 Å². The number of sulfonamides is 1. The summed E-state index contributed by atoms with van der Waals surface area (Å²) in [5.41, 5.74) is 0. The van der Waals surface area contributed by atoms with Crippen LogP contribution in [0.1, 0.15) is 19.3 Å². The smallest absolute Gasteiger partial charge is 0.242 e. The average molecular weight is 342 g/mol. The van der Waals surface area contributed by atoms with E-state index in [2.05, 4.69) is 4.72 Å². The summed E-state index contributed by atoms with van der Waals surface area (Å²) in [5.74, 6) is -1.08. The number of aliphatic hydroxyl groups excluding tert-OH is 1. The topological polar surface area (TPSA) is 66.4 Å². The lowest BCUT2D eigenvalue weighted by Crippen LogP contribution is -2.38. The molecular weight excluding hydrogens is 328 g/mol. The predicted octanol–water partition coefficient (Wildman–Crippen LogP) is 2.57. The first-order valence-electron chi connectivity index (χ1n) is 6.13. The van der Waals surface area contributed by atoms with Crippen LogP contribution in [0.15, 0.2) is 17.0 Å². The third-order valence-electron chi connectivity index (χ3n) is 3.49. The van der Waals surface area contributed by atoms with Crippen molar-refractivity contribution in [3.05, 3.63) is 28.0 Å². The third kappa shape index (κ3) is 3.09. The molecule has 0 aromatic heterocycles. The van der Waals surface area contributed by atoms with Crippen LogP contribution in [-0.4, -0.2) is 26.2 Å². The van der Waals surface area contributed by atoms with Gasteiger partial charge in [-0.05, 0) is 30.9 Å². The Labute approximate surface area is 126 Å². The second-order valence-electron chi connectivity index (χ2n) is 4.77. The van der Waals surface area contributed by atoms with E-state index in [4.69, 9.17) is 23.2 Å². The van der Waals surface area contributed by atoms with Gasteiger partial charge in [0.15, 0.2) is 5.82 Å². The Kier molecular flexibility index (Phi) is 4.92. The van der Waals surface area contributed by atoms with Gasteiger partial charge in [-0.25, -0.2) is 17.5 Å². The van der Waals surface area contributed by atoms with Gasteiger partial charge in [0, 0.05) is 12.6 Å². The second kappa shape index (κ2) is 6.15. The van der Waals surface area contributed by atoms with Crippen molar-refractivity contribution < 1.29 is 17.9 Å². The number of hydrogen-bond donors (Lipinski definition) is 2. The molecule has 4 nitrogen and oxygen atoms in total. The first-order valence-corrected chi connectivity index (χ1v) is 8.37. The number of aliphatic hydroxyl groups is 1. The molecule has 2 rings (SSSR count). The minimum atomic E-state index is -3.95. The minimum absolute atomic E-state index is 0.0874. The van der Waals surface area contributed by atoms with E-state index in [1.54, 1.807) is 0 Å². The van der Waals surface area contributed by atoms with Crippen molar-refractivity contribution in [2.45, 2.75) is 30.2 Å². The lowest BCUT2D eigenvalue weighted by molar-refractivity contribution is 0.213. The zero-order valence-electron chi connectivity index (χ0n) is 10.4. The number of rotatable bonds is 4. The van der Waals surface area contributed by atoms with Crippen molar-refractivity contribution >= 4 is 33.2 Å². The van der Waals surface area contributed by atoms with Crippen molar-refractivity contribution in [2.24, 2.45) is 5.92 Å². The number of hydrogen-bond acceptors (Lipinski definition) is 3. The quantitative estimate of drug-likeness (QED) is 0.827. The van der Waals surface area contributed by atoms with Crippen molar-refractivity contribution in [3.8, 4) is 0 Å². The van der Waals surface area contributed by atoms with Crippen LogP contribution >= 0.6 is 23.2 Å². The summed E-state index contributed by atoms with van der Waals surface area (Å²) < 4.78 is 40.6. The highest BCUT2D eigenvalue weighted by Gasteiger charge is 2.32. The molecule has 8 heteroatoms. The molecule has 1 aromatic rings. The monoisotopic (exact) mass is 341 g/mol. The van der Waals surface area contributed by atoms with Crippen LogP contribution in [0, 0.1) is 11.7 Å². The predicted molar refractivity (Wildman–Crippen MR) is 75.0 cm³/mol. The summed E-state index contributed by atoms with van der Waals surface area (Å²) in [6.45, 7) is -0.0874. The number of halogens is 3. The standard InChI is InChI=1S/C12H14Cl2FNO3S/c13-8-4-5-10(11(14)12(8)15)20(18,19)16-9-3-1-2-7(9)6-17/h4-5,7,9,16-17H,1-3,6H2. The molecule has 1 aromatic carbocycles. The molecule has 1 fully saturated rings.